The topological polar surface area (TPSA) is 89.4 Å². The molecule has 1 atom stereocenters. The summed E-state index contributed by atoms with van der Waals surface area (Å²) in [4.78, 5) is 35.2. The van der Waals surface area contributed by atoms with E-state index in [0.29, 0.717) is 24.6 Å². The minimum Gasteiger partial charge on any atom is -0.444 e. The molecular weight excluding hydrogens is 358 g/mol. The lowest BCUT2D eigenvalue weighted by Gasteiger charge is -2.34. The van der Waals surface area contributed by atoms with Crippen molar-refractivity contribution >= 4 is 12.0 Å². The van der Waals surface area contributed by atoms with Gasteiger partial charge in [-0.15, -0.1) is 0 Å². The van der Waals surface area contributed by atoms with E-state index in [0.717, 1.165) is 18.4 Å². The Kier molecular flexibility index (Phi) is 5.67. The number of imidazole rings is 1. The molecule has 3 heterocycles. The highest BCUT2D eigenvalue weighted by Gasteiger charge is 2.28. The molecule has 0 aliphatic carbocycles. The summed E-state index contributed by atoms with van der Waals surface area (Å²) in [6.07, 6.45) is 6.36. The highest BCUT2D eigenvalue weighted by Crippen LogP contribution is 2.16. The number of carbonyl (C=O) groups excluding carboxylic acids is 2. The van der Waals surface area contributed by atoms with E-state index in [4.69, 9.17) is 4.74 Å². The third kappa shape index (κ3) is 5.09. The van der Waals surface area contributed by atoms with Crippen molar-refractivity contribution in [1.82, 2.24) is 24.8 Å². The molecule has 3 rings (SSSR count). The minimum atomic E-state index is -0.539. The van der Waals surface area contributed by atoms with E-state index in [1.807, 2.05) is 33.8 Å². The van der Waals surface area contributed by atoms with E-state index in [2.05, 4.69) is 15.3 Å². The van der Waals surface area contributed by atoms with Gasteiger partial charge in [0.05, 0.1) is 0 Å². The Bertz CT molecular complexity index is 842. The predicted molar refractivity (Wildman–Crippen MR) is 104 cm³/mol. The number of ether oxygens (including phenoxy) is 1. The fraction of sp³-hybridized carbons (Fsp3) is 0.500. The SMILES string of the molecule is Cc1cc(C(=O)NC2CCCN(C(=O)OC(C)(C)C)C2)nc(-n2ccnc2)c1. The Morgan fingerprint density at radius 2 is 2.07 bits per heavy atom. The first-order valence-electron chi connectivity index (χ1n) is 9.47. The van der Waals surface area contributed by atoms with Gasteiger partial charge in [-0.3, -0.25) is 9.36 Å². The number of pyridine rings is 1. The quantitative estimate of drug-likeness (QED) is 0.877. The Hall–Kier alpha value is -2.90. The number of rotatable bonds is 3. The zero-order chi connectivity index (χ0) is 20.3. The molecule has 0 spiro atoms. The van der Waals surface area contributed by atoms with Crippen LogP contribution in [0.3, 0.4) is 0 Å². The lowest BCUT2D eigenvalue weighted by molar-refractivity contribution is 0.0185. The van der Waals surface area contributed by atoms with Crippen LogP contribution in [0.15, 0.2) is 30.9 Å². The molecule has 1 N–H and O–H groups in total. The molecule has 0 aromatic carbocycles. The maximum Gasteiger partial charge on any atom is 0.410 e. The van der Waals surface area contributed by atoms with Gasteiger partial charge in [-0.05, 0) is 58.2 Å². The number of nitrogens with zero attached hydrogens (tertiary/aromatic N) is 4. The molecule has 2 aromatic heterocycles. The van der Waals surface area contributed by atoms with Gasteiger partial charge in [0.2, 0.25) is 0 Å². The highest BCUT2D eigenvalue weighted by atomic mass is 16.6. The smallest absolute Gasteiger partial charge is 0.410 e. The molecule has 0 saturated carbocycles. The lowest BCUT2D eigenvalue weighted by atomic mass is 10.1. The van der Waals surface area contributed by atoms with Crippen LogP contribution in [0.5, 0.6) is 0 Å². The maximum absolute atomic E-state index is 12.8. The lowest BCUT2D eigenvalue weighted by Crippen LogP contribution is -2.50. The van der Waals surface area contributed by atoms with Crippen molar-refractivity contribution in [2.75, 3.05) is 13.1 Å². The molecule has 150 valence electrons. The van der Waals surface area contributed by atoms with Gasteiger partial charge in [-0.2, -0.15) is 0 Å². The van der Waals surface area contributed by atoms with Gasteiger partial charge in [0, 0.05) is 31.5 Å². The Balaban J connectivity index is 1.67. The molecule has 2 amide bonds. The van der Waals surface area contributed by atoms with E-state index >= 15 is 0 Å². The molecule has 28 heavy (non-hydrogen) atoms. The second-order valence-electron chi connectivity index (χ2n) is 8.10. The molecule has 1 saturated heterocycles. The van der Waals surface area contributed by atoms with E-state index < -0.39 is 5.60 Å². The van der Waals surface area contributed by atoms with Crippen LogP contribution >= 0.6 is 0 Å². The Labute approximate surface area is 164 Å². The van der Waals surface area contributed by atoms with Crippen LogP contribution in [-0.4, -0.2) is 56.2 Å². The van der Waals surface area contributed by atoms with Gasteiger partial charge in [-0.25, -0.2) is 14.8 Å². The molecule has 1 aliphatic heterocycles. The molecule has 8 nitrogen and oxygen atoms in total. The van der Waals surface area contributed by atoms with Crippen molar-refractivity contribution in [3.05, 3.63) is 42.1 Å². The molecule has 8 heteroatoms. The summed E-state index contributed by atoms with van der Waals surface area (Å²) in [6, 6.07) is 3.51. The van der Waals surface area contributed by atoms with Crippen LogP contribution in [0.2, 0.25) is 0 Å². The number of hydrogen-bond acceptors (Lipinski definition) is 5. The summed E-state index contributed by atoms with van der Waals surface area (Å²) < 4.78 is 7.20. The monoisotopic (exact) mass is 385 g/mol. The van der Waals surface area contributed by atoms with Crippen LogP contribution < -0.4 is 5.32 Å². The van der Waals surface area contributed by atoms with E-state index in [1.54, 1.807) is 34.3 Å². The molecule has 2 aromatic rings. The minimum absolute atomic E-state index is 0.132. The third-order valence-corrected chi connectivity index (χ3v) is 4.37. The van der Waals surface area contributed by atoms with E-state index in [1.165, 1.54) is 0 Å². The second kappa shape index (κ2) is 8.00. The van der Waals surface area contributed by atoms with Crippen molar-refractivity contribution in [3.8, 4) is 5.82 Å². The highest BCUT2D eigenvalue weighted by molar-refractivity contribution is 5.93. The largest absolute Gasteiger partial charge is 0.444 e. The third-order valence-electron chi connectivity index (χ3n) is 4.37. The fourth-order valence-corrected chi connectivity index (χ4v) is 3.14. The number of hydrogen-bond donors (Lipinski definition) is 1. The van der Waals surface area contributed by atoms with Crippen LogP contribution in [0.4, 0.5) is 4.79 Å². The normalized spacial score (nSPS) is 17.3. The van der Waals surface area contributed by atoms with Crippen molar-refractivity contribution < 1.29 is 14.3 Å². The van der Waals surface area contributed by atoms with Crippen LogP contribution in [0, 0.1) is 6.92 Å². The van der Waals surface area contributed by atoms with Crippen LogP contribution in [0.25, 0.3) is 5.82 Å². The van der Waals surface area contributed by atoms with Gasteiger partial charge >= 0.3 is 6.09 Å². The van der Waals surface area contributed by atoms with Crippen LogP contribution in [0.1, 0.15) is 49.7 Å². The molecule has 1 unspecified atom stereocenters. The Morgan fingerprint density at radius 3 is 2.75 bits per heavy atom. The summed E-state index contributed by atoms with van der Waals surface area (Å²) in [5.74, 6) is 0.391. The van der Waals surface area contributed by atoms with Crippen LogP contribution in [-0.2, 0) is 4.74 Å². The molecule has 1 fully saturated rings. The molecule has 0 radical (unpaired) electrons. The van der Waals surface area contributed by atoms with E-state index in [-0.39, 0.29) is 18.0 Å². The van der Waals surface area contributed by atoms with Gasteiger partial charge in [0.1, 0.15) is 23.4 Å². The zero-order valence-corrected chi connectivity index (χ0v) is 16.8. The average Bonchev–Trinajstić information content (AvgIpc) is 3.14. The van der Waals surface area contributed by atoms with Crippen molar-refractivity contribution in [1.29, 1.82) is 0 Å². The second-order valence-corrected chi connectivity index (χ2v) is 8.10. The van der Waals surface area contributed by atoms with Gasteiger partial charge < -0.3 is 15.0 Å². The number of likely N-dealkylation sites (tertiary alicyclic amines) is 1. The van der Waals surface area contributed by atoms with Crippen molar-refractivity contribution in [3.63, 3.8) is 0 Å². The fourth-order valence-electron chi connectivity index (χ4n) is 3.14. The summed E-state index contributed by atoms with van der Waals surface area (Å²) in [7, 11) is 0. The van der Waals surface area contributed by atoms with Crippen molar-refractivity contribution in [2.24, 2.45) is 0 Å². The first-order chi connectivity index (χ1) is 13.2. The maximum atomic E-state index is 12.8. The number of aromatic nitrogens is 3. The predicted octanol–water partition coefficient (Wildman–Crippen LogP) is 2.71. The van der Waals surface area contributed by atoms with Gasteiger partial charge in [0.25, 0.3) is 5.91 Å². The summed E-state index contributed by atoms with van der Waals surface area (Å²) in [5.41, 5.74) is 0.739. The number of carbonyl (C=O) groups is 2. The molecule has 0 bridgehead atoms. The van der Waals surface area contributed by atoms with Gasteiger partial charge in [-0.1, -0.05) is 0 Å². The number of piperidine rings is 1. The summed E-state index contributed by atoms with van der Waals surface area (Å²) >= 11 is 0. The molecular formula is C20H27N5O3. The summed E-state index contributed by atoms with van der Waals surface area (Å²) in [6.45, 7) is 8.51. The number of aryl methyl sites for hydroxylation is 1. The number of amides is 2. The first kappa shape index (κ1) is 19.9. The van der Waals surface area contributed by atoms with E-state index in [9.17, 15) is 9.59 Å². The first-order valence-corrected chi connectivity index (χ1v) is 9.47. The van der Waals surface area contributed by atoms with Crippen molar-refractivity contribution in [2.45, 2.75) is 52.2 Å². The van der Waals surface area contributed by atoms with Gasteiger partial charge in [0.15, 0.2) is 0 Å². The standard InChI is InChI=1S/C20H27N5O3/c1-14-10-16(23-17(11-14)25-9-7-21-13-25)18(26)22-15-6-5-8-24(12-15)19(27)28-20(2,3)4/h7,9-11,13,15H,5-6,8,12H2,1-4H3,(H,22,26). The Morgan fingerprint density at radius 1 is 1.29 bits per heavy atom. The molecule has 1 aliphatic rings. The number of nitrogens with one attached hydrogen (secondary N) is 1. The average molecular weight is 385 g/mol. The summed E-state index contributed by atoms with van der Waals surface area (Å²) in [5, 5.41) is 3.01. The zero-order valence-electron chi connectivity index (χ0n) is 16.8.